The third-order valence-electron chi connectivity index (χ3n) is 2.51. The van der Waals surface area contributed by atoms with Crippen LogP contribution in [-0.2, 0) is 11.2 Å². The molecule has 0 N–H and O–H groups in total. The van der Waals surface area contributed by atoms with Gasteiger partial charge in [-0.25, -0.2) is 14.4 Å². The molecule has 114 valence electrons. The average Bonchev–Trinajstić information content (AvgIpc) is 2.48. The Morgan fingerprint density at radius 3 is 2.77 bits per heavy atom. The van der Waals surface area contributed by atoms with Gasteiger partial charge >= 0.3 is 12.0 Å². The Labute approximate surface area is 127 Å². The summed E-state index contributed by atoms with van der Waals surface area (Å²) in [7, 11) is 3.48. The van der Waals surface area contributed by atoms with Crippen LogP contribution in [-0.4, -0.2) is 41.3 Å². The number of esters is 1. The third-order valence-corrected chi connectivity index (χ3v) is 2.51. The Bertz CT molecular complexity index is 674. The van der Waals surface area contributed by atoms with Crippen molar-refractivity contribution in [3.63, 3.8) is 0 Å². The Morgan fingerprint density at radius 2 is 2.09 bits per heavy atom. The molecule has 0 aliphatic rings. The normalized spacial score (nSPS) is 10.7. The van der Waals surface area contributed by atoms with Gasteiger partial charge in [-0.15, -0.1) is 0 Å². The number of carbonyl (C=O) groups excluding carboxylic acids is 1. The van der Waals surface area contributed by atoms with Gasteiger partial charge in [-0.05, 0) is 5.56 Å². The van der Waals surface area contributed by atoms with Crippen LogP contribution in [0.3, 0.4) is 0 Å². The first-order chi connectivity index (χ1) is 10.5. The number of hydrogen-bond donors (Lipinski definition) is 0. The number of rotatable bonds is 5. The van der Waals surface area contributed by atoms with E-state index in [0.29, 0.717) is 0 Å². The number of halogens is 1. The van der Waals surface area contributed by atoms with Crippen molar-refractivity contribution in [3.05, 3.63) is 47.9 Å². The molecule has 1 heterocycles. The lowest BCUT2D eigenvalue weighted by Gasteiger charge is -2.05. The third kappa shape index (κ3) is 4.62. The molecule has 0 amide bonds. The topological polar surface area (TPSA) is 67.7 Å². The van der Waals surface area contributed by atoms with Crippen molar-refractivity contribution in [2.75, 3.05) is 14.1 Å². The molecule has 0 saturated carbocycles. The maximum absolute atomic E-state index is 13.5. The fourth-order valence-corrected chi connectivity index (χ4v) is 1.55. The number of aliphatic imine (C=N–C) groups is 1. The molecule has 0 spiro atoms. The molecular weight excluding hydrogens is 287 g/mol. The molecule has 0 bridgehead atoms. The second-order valence-corrected chi connectivity index (χ2v) is 4.67. The van der Waals surface area contributed by atoms with Gasteiger partial charge in [0.1, 0.15) is 0 Å². The van der Waals surface area contributed by atoms with Gasteiger partial charge in [0.15, 0.2) is 11.6 Å². The smallest absolute Gasteiger partial charge is 0.326 e. The van der Waals surface area contributed by atoms with E-state index < -0.39 is 11.8 Å². The van der Waals surface area contributed by atoms with Crippen LogP contribution in [0.5, 0.6) is 6.01 Å². The summed E-state index contributed by atoms with van der Waals surface area (Å²) in [5.41, 5.74) is 0.806. The minimum absolute atomic E-state index is 0.0812. The summed E-state index contributed by atoms with van der Waals surface area (Å²) in [4.78, 5) is 24.7. The Balaban J connectivity index is 2.06. The highest BCUT2D eigenvalue weighted by Crippen LogP contribution is 2.16. The van der Waals surface area contributed by atoms with Gasteiger partial charge in [-0.2, -0.15) is 4.98 Å². The van der Waals surface area contributed by atoms with Crippen LogP contribution in [0.15, 0.2) is 41.5 Å². The zero-order valence-electron chi connectivity index (χ0n) is 12.2. The van der Waals surface area contributed by atoms with E-state index in [0.717, 1.165) is 11.8 Å². The summed E-state index contributed by atoms with van der Waals surface area (Å²) >= 11 is 0. The Kier molecular flexibility index (Phi) is 5.13. The van der Waals surface area contributed by atoms with Crippen LogP contribution in [0, 0.1) is 5.82 Å². The van der Waals surface area contributed by atoms with E-state index in [2.05, 4.69) is 15.0 Å². The van der Waals surface area contributed by atoms with Gasteiger partial charge in [0.25, 0.3) is 0 Å². The fraction of sp³-hybridized carbons (Fsp3) is 0.200. The van der Waals surface area contributed by atoms with Crippen molar-refractivity contribution in [1.29, 1.82) is 0 Å². The van der Waals surface area contributed by atoms with E-state index >= 15 is 0 Å². The number of nitrogens with zero attached hydrogens (tertiary/aromatic N) is 4. The molecule has 0 atom stereocenters. The fourth-order valence-electron chi connectivity index (χ4n) is 1.55. The van der Waals surface area contributed by atoms with Crippen molar-refractivity contribution in [2.24, 2.45) is 4.99 Å². The summed E-state index contributed by atoms with van der Waals surface area (Å²) in [6.07, 6.45) is 2.39. The van der Waals surface area contributed by atoms with Crippen LogP contribution in [0.1, 0.15) is 5.56 Å². The lowest BCUT2D eigenvalue weighted by atomic mass is 10.2. The van der Waals surface area contributed by atoms with Crippen molar-refractivity contribution < 1.29 is 13.9 Å². The van der Waals surface area contributed by atoms with Crippen LogP contribution in [0.2, 0.25) is 0 Å². The summed E-state index contributed by atoms with van der Waals surface area (Å²) in [6.45, 7) is 0. The number of hydrogen-bond acceptors (Lipinski definition) is 5. The van der Waals surface area contributed by atoms with Crippen LogP contribution >= 0.6 is 0 Å². The molecule has 22 heavy (non-hydrogen) atoms. The standard InChI is InChI=1S/C15H15FN4O2/c1-20(2)10-18-14-12(16)9-17-15(19-14)22-13(21)8-11-6-4-3-5-7-11/h3-7,9-10H,8H2,1-2H3/b18-10+. The van der Waals surface area contributed by atoms with Gasteiger partial charge in [0, 0.05) is 14.1 Å². The highest BCUT2D eigenvalue weighted by molar-refractivity contribution is 5.74. The molecule has 7 heteroatoms. The minimum Gasteiger partial charge on any atom is -0.391 e. The van der Waals surface area contributed by atoms with Gasteiger partial charge < -0.3 is 9.64 Å². The highest BCUT2D eigenvalue weighted by Gasteiger charge is 2.11. The summed E-state index contributed by atoms with van der Waals surface area (Å²) in [5, 5.41) is 0. The minimum atomic E-state index is -0.694. The van der Waals surface area contributed by atoms with E-state index in [9.17, 15) is 9.18 Å². The molecule has 0 aliphatic carbocycles. The SMILES string of the molecule is CN(C)/C=N/c1nc(OC(=O)Cc2ccccc2)ncc1F. The van der Waals surface area contributed by atoms with E-state index in [4.69, 9.17) is 4.74 Å². The maximum atomic E-state index is 13.5. The molecule has 1 aromatic carbocycles. The number of carbonyl (C=O) groups is 1. The predicted molar refractivity (Wildman–Crippen MR) is 79.6 cm³/mol. The van der Waals surface area contributed by atoms with E-state index in [1.54, 1.807) is 31.1 Å². The van der Waals surface area contributed by atoms with Crippen molar-refractivity contribution in [2.45, 2.75) is 6.42 Å². The summed E-state index contributed by atoms with van der Waals surface area (Å²) in [6, 6.07) is 8.88. The van der Waals surface area contributed by atoms with E-state index in [1.807, 2.05) is 18.2 Å². The lowest BCUT2D eigenvalue weighted by molar-refractivity contribution is -0.134. The largest absolute Gasteiger partial charge is 0.391 e. The second-order valence-electron chi connectivity index (χ2n) is 4.67. The van der Waals surface area contributed by atoms with Crippen LogP contribution in [0.4, 0.5) is 10.2 Å². The summed E-state index contributed by atoms with van der Waals surface area (Å²) < 4.78 is 18.5. The molecular formula is C15H15FN4O2. The van der Waals surface area contributed by atoms with Gasteiger partial charge in [-0.3, -0.25) is 4.79 Å². The molecule has 0 saturated heterocycles. The number of benzene rings is 1. The van der Waals surface area contributed by atoms with Gasteiger partial charge in [0.2, 0.25) is 0 Å². The monoisotopic (exact) mass is 302 g/mol. The molecule has 2 rings (SSSR count). The maximum Gasteiger partial charge on any atom is 0.326 e. The zero-order valence-corrected chi connectivity index (χ0v) is 12.2. The second kappa shape index (κ2) is 7.26. The molecule has 2 aromatic rings. The van der Waals surface area contributed by atoms with Crippen LogP contribution in [0.25, 0.3) is 0 Å². The first kappa shape index (κ1) is 15.6. The Hall–Kier alpha value is -2.83. The molecule has 0 radical (unpaired) electrons. The van der Waals surface area contributed by atoms with Gasteiger partial charge in [-0.1, -0.05) is 30.3 Å². The number of aromatic nitrogens is 2. The number of ether oxygens (including phenoxy) is 1. The van der Waals surface area contributed by atoms with Crippen LogP contribution < -0.4 is 4.74 Å². The van der Waals surface area contributed by atoms with E-state index in [1.165, 1.54) is 6.34 Å². The molecule has 1 aromatic heterocycles. The van der Waals surface area contributed by atoms with Crippen molar-refractivity contribution >= 4 is 18.1 Å². The molecule has 0 unspecified atom stereocenters. The molecule has 0 fully saturated rings. The van der Waals surface area contributed by atoms with Crippen molar-refractivity contribution in [1.82, 2.24) is 14.9 Å². The van der Waals surface area contributed by atoms with E-state index in [-0.39, 0.29) is 18.2 Å². The predicted octanol–water partition coefficient (Wildman–Crippen LogP) is 1.99. The lowest BCUT2D eigenvalue weighted by Crippen LogP contribution is -2.13. The highest BCUT2D eigenvalue weighted by atomic mass is 19.1. The molecule has 0 aliphatic heterocycles. The Morgan fingerprint density at radius 1 is 1.36 bits per heavy atom. The quantitative estimate of drug-likeness (QED) is 0.480. The zero-order chi connectivity index (χ0) is 15.9. The summed E-state index contributed by atoms with van der Waals surface area (Å²) in [5.74, 6) is -1.41. The molecule has 6 nitrogen and oxygen atoms in total. The van der Waals surface area contributed by atoms with Gasteiger partial charge in [0.05, 0.1) is 19.0 Å². The van der Waals surface area contributed by atoms with Crippen molar-refractivity contribution in [3.8, 4) is 6.01 Å². The average molecular weight is 302 g/mol. The first-order valence-electron chi connectivity index (χ1n) is 6.52. The first-order valence-corrected chi connectivity index (χ1v) is 6.52.